The molecule has 0 spiro atoms. The molecule has 0 rings (SSSR count). The molecule has 0 bridgehead atoms. The molecule has 0 aromatic carbocycles. The molecule has 0 amide bonds. The van der Waals surface area contributed by atoms with Gasteiger partial charge in [-0.1, -0.05) is 0 Å². The number of hydrogen-bond acceptors (Lipinski definition) is 0. The topological polar surface area (TPSA) is 0 Å². The minimum absolute atomic E-state index is 0.222. The molecule has 0 saturated heterocycles. The summed E-state index contributed by atoms with van der Waals surface area (Å²) in [6, 6.07) is 0. The Morgan fingerprint density at radius 2 is 0.900 bits per heavy atom. The number of halogens is 7. The molecule has 0 saturated carbocycles. The maximum absolute atomic E-state index is 5.04. The van der Waals surface area contributed by atoms with Gasteiger partial charge in [-0.05, 0) is 6.92 Å². The Bertz CT molecular complexity index is 69.8. The summed E-state index contributed by atoms with van der Waals surface area (Å²) in [6.45, 7) is 1.70. The quantitative estimate of drug-likeness (QED) is 0.373. The van der Waals surface area contributed by atoms with Crippen LogP contribution < -0.4 is 0 Å². The zero-order chi connectivity index (χ0) is 9.02. The van der Waals surface area contributed by atoms with Gasteiger partial charge < -0.3 is 0 Å². The minimum atomic E-state index is -3.69. The molecule has 10 heavy (non-hydrogen) atoms. The third-order valence-electron chi connectivity index (χ3n) is 0. The molecule has 0 aliphatic heterocycles. The molecule has 0 heterocycles. The molecular formula is C2H4Cl7P. The molecule has 0 nitrogen and oxygen atoms in total. The predicted octanol–water partition coefficient (Wildman–Crippen LogP) is 6.12. The average molecular weight is 307 g/mol. The van der Waals surface area contributed by atoms with Crippen LogP contribution in [0.2, 0.25) is 0 Å². The molecule has 8 heteroatoms. The second-order valence-corrected chi connectivity index (χ2v) is 19.3. The second kappa shape index (κ2) is 5.25. The first kappa shape index (κ1) is 15.0. The van der Waals surface area contributed by atoms with Crippen LogP contribution in [-0.2, 0) is 0 Å². The third-order valence-corrected chi connectivity index (χ3v) is 0. The average Bonchev–Trinajstić information content (AvgIpc) is 1.14. The zero-order valence-corrected chi connectivity index (χ0v) is 10.9. The molecule has 0 fully saturated rings. The van der Waals surface area contributed by atoms with Crippen LogP contribution in [0.4, 0.5) is 0 Å². The Morgan fingerprint density at radius 1 is 0.900 bits per heavy atom. The van der Waals surface area contributed by atoms with Crippen molar-refractivity contribution in [3.63, 3.8) is 0 Å². The van der Waals surface area contributed by atoms with Crippen molar-refractivity contribution in [2.75, 3.05) is 0 Å². The van der Waals surface area contributed by atoms with Gasteiger partial charge in [-0.25, -0.2) is 0 Å². The van der Waals surface area contributed by atoms with E-state index in [-0.39, 0.29) is 4.84 Å². The normalized spacial score (nSPS) is 15.1. The van der Waals surface area contributed by atoms with Crippen molar-refractivity contribution in [2.45, 2.75) is 11.8 Å². The summed E-state index contributed by atoms with van der Waals surface area (Å²) in [5, 5.41) is 0. The molecule has 0 aliphatic carbocycles. The molecule has 0 aromatic rings. The third kappa shape index (κ3) is 155. The molecule has 0 atom stereocenters. The van der Waals surface area contributed by atoms with Gasteiger partial charge in [0, 0.05) is 0 Å². The van der Waals surface area contributed by atoms with E-state index in [1.807, 2.05) is 0 Å². The van der Waals surface area contributed by atoms with Gasteiger partial charge in [-0.15, -0.1) is 23.2 Å². The van der Waals surface area contributed by atoms with Crippen LogP contribution in [0.1, 0.15) is 6.92 Å². The van der Waals surface area contributed by atoms with Crippen molar-refractivity contribution in [1.29, 1.82) is 0 Å². The first-order chi connectivity index (χ1) is 3.97. The van der Waals surface area contributed by atoms with Crippen LogP contribution in [0.15, 0.2) is 0 Å². The monoisotopic (exact) mass is 304 g/mol. The Morgan fingerprint density at radius 3 is 0.900 bits per heavy atom. The number of hydrogen-bond donors (Lipinski definition) is 0. The van der Waals surface area contributed by atoms with Crippen LogP contribution in [0.3, 0.4) is 0 Å². The van der Waals surface area contributed by atoms with Crippen molar-refractivity contribution in [2.24, 2.45) is 0 Å². The summed E-state index contributed by atoms with van der Waals surface area (Å²) >= 11 is 35.0. The van der Waals surface area contributed by atoms with Crippen LogP contribution in [-0.4, -0.2) is 4.84 Å². The van der Waals surface area contributed by atoms with Crippen LogP contribution in [0, 0.1) is 0 Å². The SMILES string of the molecule is CC(Cl)Cl.ClP(Cl)(Cl)(Cl)Cl. The fourth-order valence-corrected chi connectivity index (χ4v) is 0. The maximum atomic E-state index is 5.04. The predicted molar refractivity (Wildman–Crippen MR) is 57.4 cm³/mol. The van der Waals surface area contributed by atoms with Crippen molar-refractivity contribution in [3.05, 3.63) is 0 Å². The Labute approximate surface area is 93.9 Å². The van der Waals surface area contributed by atoms with Crippen LogP contribution >= 0.6 is 82.8 Å². The van der Waals surface area contributed by atoms with E-state index in [4.69, 9.17) is 79.4 Å². The Hall–Kier alpha value is 2.46. The summed E-state index contributed by atoms with van der Waals surface area (Å²) in [5.41, 5.74) is 0. The van der Waals surface area contributed by atoms with E-state index in [0.717, 1.165) is 0 Å². The molecule has 0 aliphatic rings. The van der Waals surface area contributed by atoms with Crippen LogP contribution in [0.25, 0.3) is 0 Å². The Kier molecular flexibility index (Phi) is 7.85. The molecule has 66 valence electrons. The van der Waals surface area contributed by atoms with Gasteiger partial charge in [0.1, 0.15) is 4.84 Å². The van der Waals surface area contributed by atoms with Crippen LogP contribution in [0.5, 0.6) is 0 Å². The van der Waals surface area contributed by atoms with Gasteiger partial charge in [-0.3, -0.25) is 0 Å². The summed E-state index contributed by atoms with van der Waals surface area (Å²) in [7, 11) is 0. The Balaban J connectivity index is 0. The standard InChI is InChI=1S/C2H4Cl2.Cl5P/c1-2(3)4;1-6(2,3,4)5/h2H,1H3;. The van der Waals surface area contributed by atoms with E-state index in [2.05, 4.69) is 0 Å². The van der Waals surface area contributed by atoms with Gasteiger partial charge >= 0.3 is 59.6 Å². The van der Waals surface area contributed by atoms with E-state index in [9.17, 15) is 0 Å². The van der Waals surface area contributed by atoms with Gasteiger partial charge in [0.05, 0.1) is 0 Å². The van der Waals surface area contributed by atoms with E-state index in [1.54, 1.807) is 6.92 Å². The first-order valence-corrected chi connectivity index (χ1v) is 9.49. The van der Waals surface area contributed by atoms with E-state index >= 15 is 0 Å². The fourth-order valence-electron chi connectivity index (χ4n) is 0. The van der Waals surface area contributed by atoms with Gasteiger partial charge in [0.25, 0.3) is 0 Å². The number of alkyl halides is 2. The molecule has 0 N–H and O–H groups in total. The zero-order valence-electron chi connectivity index (χ0n) is 4.67. The van der Waals surface area contributed by atoms with E-state index in [1.165, 1.54) is 0 Å². The summed E-state index contributed by atoms with van der Waals surface area (Å²) in [4.78, 5) is -0.222. The molecule has 0 unspecified atom stereocenters. The first-order valence-electron chi connectivity index (χ1n) is 1.86. The fraction of sp³-hybridized carbons (Fsp3) is 1.00. The second-order valence-electron chi connectivity index (χ2n) is 1.16. The summed E-state index contributed by atoms with van der Waals surface area (Å²) < 4.78 is -3.69. The van der Waals surface area contributed by atoms with Crippen molar-refractivity contribution >= 4 is 82.8 Å². The molecule has 0 aromatic heterocycles. The van der Waals surface area contributed by atoms with Gasteiger partial charge in [0.2, 0.25) is 0 Å². The molecule has 0 radical (unpaired) electrons. The van der Waals surface area contributed by atoms with E-state index < -0.39 is 3.37 Å². The van der Waals surface area contributed by atoms with E-state index in [0.29, 0.717) is 0 Å². The van der Waals surface area contributed by atoms with Crippen molar-refractivity contribution < 1.29 is 0 Å². The summed E-state index contributed by atoms with van der Waals surface area (Å²) in [6.07, 6.45) is 0. The van der Waals surface area contributed by atoms with Crippen molar-refractivity contribution in [1.82, 2.24) is 0 Å². The van der Waals surface area contributed by atoms with Crippen molar-refractivity contribution in [3.8, 4) is 0 Å². The molecular weight excluding hydrogens is 303 g/mol. The number of rotatable bonds is 0. The van der Waals surface area contributed by atoms with Gasteiger partial charge in [0.15, 0.2) is 0 Å². The van der Waals surface area contributed by atoms with Gasteiger partial charge in [-0.2, -0.15) is 0 Å². The summed E-state index contributed by atoms with van der Waals surface area (Å²) in [5.74, 6) is 0.